The Balaban J connectivity index is 2.12. The summed E-state index contributed by atoms with van der Waals surface area (Å²) in [5.41, 5.74) is 0.760. The zero-order valence-corrected chi connectivity index (χ0v) is 8.69. The summed E-state index contributed by atoms with van der Waals surface area (Å²) in [6.45, 7) is 9.21. The Labute approximate surface area is 83.5 Å². The summed E-state index contributed by atoms with van der Waals surface area (Å²) in [6, 6.07) is 0. The number of fused-ring (bicyclic) bond motifs is 1. The molecule has 2 fully saturated rings. The molecule has 0 aliphatic carbocycles. The lowest BCUT2D eigenvalue weighted by molar-refractivity contribution is -0.207. The summed E-state index contributed by atoms with van der Waals surface area (Å²) in [5.74, 6) is -0.623. The average Bonchev–Trinajstić information content (AvgIpc) is 2.46. The van der Waals surface area contributed by atoms with Crippen molar-refractivity contribution in [2.45, 2.75) is 51.2 Å². The van der Waals surface area contributed by atoms with Crippen LogP contribution in [0.15, 0.2) is 12.2 Å². The van der Waals surface area contributed by atoms with E-state index >= 15 is 0 Å². The van der Waals surface area contributed by atoms with Gasteiger partial charge >= 0.3 is 0 Å². The Morgan fingerprint density at radius 1 is 1.43 bits per heavy atom. The summed E-state index contributed by atoms with van der Waals surface area (Å²) in [4.78, 5) is 0. The fourth-order valence-electron chi connectivity index (χ4n) is 1.90. The van der Waals surface area contributed by atoms with Gasteiger partial charge in [0, 0.05) is 0 Å². The molecule has 0 aromatic carbocycles. The van der Waals surface area contributed by atoms with Crippen LogP contribution >= 0.6 is 0 Å². The van der Waals surface area contributed by atoms with Gasteiger partial charge in [0.25, 0.3) is 0 Å². The van der Waals surface area contributed by atoms with E-state index in [0.29, 0.717) is 0 Å². The van der Waals surface area contributed by atoms with Gasteiger partial charge in [0.1, 0.15) is 12.2 Å². The molecule has 0 aromatic rings. The van der Waals surface area contributed by atoms with Crippen molar-refractivity contribution >= 4 is 0 Å². The molecule has 4 atom stereocenters. The highest BCUT2D eigenvalue weighted by Crippen LogP contribution is 2.40. The van der Waals surface area contributed by atoms with Crippen LogP contribution in [-0.2, 0) is 14.2 Å². The topological polar surface area (TPSA) is 47.9 Å². The van der Waals surface area contributed by atoms with Gasteiger partial charge in [-0.15, -0.1) is 0 Å². The van der Waals surface area contributed by atoms with Gasteiger partial charge in [-0.1, -0.05) is 6.58 Å². The predicted octanol–water partition coefficient (Wildman–Crippen LogP) is 0.800. The largest absolute Gasteiger partial charge is 0.390 e. The zero-order valence-electron chi connectivity index (χ0n) is 8.69. The summed E-state index contributed by atoms with van der Waals surface area (Å²) in [5, 5.41) is 9.41. The van der Waals surface area contributed by atoms with Gasteiger partial charge < -0.3 is 19.3 Å². The lowest BCUT2D eigenvalue weighted by Gasteiger charge is -2.22. The molecule has 0 saturated carbocycles. The predicted molar refractivity (Wildman–Crippen MR) is 49.5 cm³/mol. The third-order valence-corrected chi connectivity index (χ3v) is 2.51. The quantitative estimate of drug-likeness (QED) is 0.636. The van der Waals surface area contributed by atoms with Crippen LogP contribution in [-0.4, -0.2) is 35.5 Å². The van der Waals surface area contributed by atoms with E-state index < -0.39 is 18.2 Å². The number of hydrogen-bond acceptors (Lipinski definition) is 4. The molecule has 2 aliphatic heterocycles. The second-order valence-electron chi connectivity index (χ2n) is 4.30. The monoisotopic (exact) mass is 200 g/mol. The number of hydrogen-bond donors (Lipinski definition) is 1. The summed E-state index contributed by atoms with van der Waals surface area (Å²) in [7, 11) is 0. The minimum atomic E-state index is -0.623. The van der Waals surface area contributed by atoms with E-state index in [9.17, 15) is 5.11 Å². The summed E-state index contributed by atoms with van der Waals surface area (Å²) < 4.78 is 16.6. The van der Waals surface area contributed by atoms with Crippen LogP contribution in [0.25, 0.3) is 0 Å². The molecule has 0 spiro atoms. The number of rotatable bonds is 1. The van der Waals surface area contributed by atoms with Gasteiger partial charge in [-0.25, -0.2) is 0 Å². The van der Waals surface area contributed by atoms with E-state index in [0.717, 1.165) is 5.57 Å². The summed E-state index contributed by atoms with van der Waals surface area (Å²) in [6.07, 6.45) is -1.62. The van der Waals surface area contributed by atoms with Crippen molar-refractivity contribution < 1.29 is 19.3 Å². The molecule has 2 heterocycles. The molecular weight excluding hydrogens is 184 g/mol. The maximum atomic E-state index is 9.41. The van der Waals surface area contributed by atoms with Gasteiger partial charge in [-0.05, 0) is 26.3 Å². The molecule has 2 rings (SSSR count). The van der Waals surface area contributed by atoms with E-state index in [1.807, 2.05) is 13.8 Å². The highest BCUT2D eigenvalue weighted by atomic mass is 16.8. The van der Waals surface area contributed by atoms with Crippen LogP contribution in [0.5, 0.6) is 0 Å². The van der Waals surface area contributed by atoms with Gasteiger partial charge in [-0.3, -0.25) is 0 Å². The van der Waals surface area contributed by atoms with E-state index in [-0.39, 0.29) is 12.2 Å². The first kappa shape index (κ1) is 10.1. The molecule has 0 aromatic heterocycles. The van der Waals surface area contributed by atoms with Crippen LogP contribution in [0.2, 0.25) is 0 Å². The third-order valence-electron chi connectivity index (χ3n) is 2.51. The van der Waals surface area contributed by atoms with Crippen molar-refractivity contribution in [3.05, 3.63) is 12.2 Å². The second kappa shape index (κ2) is 3.03. The number of aliphatic hydroxyl groups excluding tert-OH is 1. The molecule has 4 nitrogen and oxygen atoms in total. The van der Waals surface area contributed by atoms with Crippen molar-refractivity contribution in [3.63, 3.8) is 0 Å². The molecule has 14 heavy (non-hydrogen) atoms. The fraction of sp³-hybridized carbons (Fsp3) is 0.800. The van der Waals surface area contributed by atoms with Crippen LogP contribution < -0.4 is 0 Å². The average molecular weight is 200 g/mol. The van der Waals surface area contributed by atoms with E-state index in [1.54, 1.807) is 6.92 Å². The molecule has 2 aliphatic rings. The first-order chi connectivity index (χ1) is 6.41. The maximum Gasteiger partial charge on any atom is 0.191 e. The summed E-state index contributed by atoms with van der Waals surface area (Å²) >= 11 is 0. The van der Waals surface area contributed by atoms with Crippen LogP contribution in [0, 0.1) is 0 Å². The van der Waals surface area contributed by atoms with E-state index in [1.165, 1.54) is 0 Å². The molecule has 80 valence electrons. The SMILES string of the molecule is C=C1[C@H]2OC(C)(C)O[C@H]2O[C@@H]1[C@@H](C)O. The van der Waals surface area contributed by atoms with Crippen molar-refractivity contribution in [1.29, 1.82) is 0 Å². The minimum absolute atomic E-state index is 0.246. The smallest absolute Gasteiger partial charge is 0.191 e. The van der Waals surface area contributed by atoms with Crippen LogP contribution in [0.1, 0.15) is 20.8 Å². The molecule has 0 amide bonds. The Bertz CT molecular complexity index is 259. The molecule has 2 saturated heterocycles. The van der Waals surface area contributed by atoms with E-state index in [4.69, 9.17) is 14.2 Å². The van der Waals surface area contributed by atoms with Crippen LogP contribution in [0.4, 0.5) is 0 Å². The standard InChI is InChI=1S/C10H16O4/c1-5-7(6(2)11)12-9-8(5)13-10(3,4)14-9/h6-9,11H,1H2,2-4H3/t6-,7+,8-,9-/m1/s1. The third kappa shape index (κ3) is 1.48. The Hall–Kier alpha value is -0.420. The van der Waals surface area contributed by atoms with Crippen molar-refractivity contribution in [2.24, 2.45) is 0 Å². The van der Waals surface area contributed by atoms with Gasteiger partial charge in [-0.2, -0.15) is 0 Å². The Kier molecular flexibility index (Phi) is 2.19. The Morgan fingerprint density at radius 2 is 2.07 bits per heavy atom. The minimum Gasteiger partial charge on any atom is -0.390 e. The molecule has 1 N–H and O–H groups in total. The lowest BCUT2D eigenvalue weighted by atomic mass is 10.1. The van der Waals surface area contributed by atoms with E-state index in [2.05, 4.69) is 6.58 Å². The highest BCUT2D eigenvalue weighted by Gasteiger charge is 2.51. The molecule has 4 heteroatoms. The number of ether oxygens (including phenoxy) is 3. The Morgan fingerprint density at radius 3 is 2.57 bits per heavy atom. The van der Waals surface area contributed by atoms with Crippen molar-refractivity contribution in [2.75, 3.05) is 0 Å². The lowest BCUT2D eigenvalue weighted by Crippen LogP contribution is -2.30. The van der Waals surface area contributed by atoms with Gasteiger partial charge in [0.05, 0.1) is 6.10 Å². The van der Waals surface area contributed by atoms with Crippen LogP contribution in [0.3, 0.4) is 0 Å². The highest BCUT2D eigenvalue weighted by molar-refractivity contribution is 5.18. The second-order valence-corrected chi connectivity index (χ2v) is 4.30. The normalized spacial score (nSPS) is 42.6. The van der Waals surface area contributed by atoms with Crippen molar-refractivity contribution in [1.82, 2.24) is 0 Å². The molecular formula is C10H16O4. The molecule has 0 unspecified atom stereocenters. The zero-order chi connectivity index (χ0) is 10.5. The molecule has 0 radical (unpaired) electrons. The fourth-order valence-corrected chi connectivity index (χ4v) is 1.90. The molecule has 0 bridgehead atoms. The van der Waals surface area contributed by atoms with Gasteiger partial charge in [0.15, 0.2) is 12.1 Å². The van der Waals surface area contributed by atoms with Crippen molar-refractivity contribution in [3.8, 4) is 0 Å². The number of aliphatic hydroxyl groups is 1. The maximum absolute atomic E-state index is 9.41. The van der Waals surface area contributed by atoms with Gasteiger partial charge in [0.2, 0.25) is 0 Å². The first-order valence-electron chi connectivity index (χ1n) is 4.78. The first-order valence-corrected chi connectivity index (χ1v) is 4.78.